The van der Waals surface area contributed by atoms with E-state index in [4.69, 9.17) is 4.74 Å². The Morgan fingerprint density at radius 3 is 2.54 bits per heavy atom. The van der Waals surface area contributed by atoms with Gasteiger partial charge in [-0.2, -0.15) is 24.6 Å². The van der Waals surface area contributed by atoms with E-state index >= 15 is 0 Å². The van der Waals surface area contributed by atoms with E-state index in [1.165, 1.54) is 0 Å². The molecule has 0 saturated heterocycles. The number of ether oxygens (including phenoxy) is 1. The van der Waals surface area contributed by atoms with Gasteiger partial charge in [0.05, 0.1) is 7.11 Å². The second kappa shape index (κ2) is 6.79. The summed E-state index contributed by atoms with van der Waals surface area (Å²) in [6.07, 6.45) is 1.76. The summed E-state index contributed by atoms with van der Waals surface area (Å²) in [5, 5.41) is 0. The molecule has 1 rings (SSSR count). The Labute approximate surface area is 95.1 Å². The van der Waals surface area contributed by atoms with Crippen LogP contribution in [0.15, 0.2) is 24.8 Å². The Balaban J connectivity index is 0. The molecule has 0 radical (unpaired) electrons. The van der Waals surface area contributed by atoms with Crippen molar-refractivity contribution in [2.45, 2.75) is 7.43 Å². The fourth-order valence-corrected chi connectivity index (χ4v) is 0.943. The van der Waals surface area contributed by atoms with Crippen molar-refractivity contribution in [2.75, 3.05) is 7.11 Å². The average Bonchev–Trinajstić information content (AvgIpc) is 2.04. The predicted molar refractivity (Wildman–Crippen MR) is 54.3 cm³/mol. The molecule has 1 aromatic carbocycles. The first-order chi connectivity index (χ1) is 5.27. The van der Waals surface area contributed by atoms with E-state index in [-0.39, 0.29) is 28.5 Å². The van der Waals surface area contributed by atoms with Crippen molar-refractivity contribution in [3.63, 3.8) is 0 Å². The number of rotatable bonds is 2. The molecule has 1 aromatic rings. The maximum Gasteiger partial charge on any atom is 0.101 e. The number of hydrogen-bond donors (Lipinski definition) is 0. The monoisotopic (exact) mass is 347 g/mol. The minimum atomic E-state index is 0. The Morgan fingerprint density at radius 1 is 1.46 bits per heavy atom. The van der Waals surface area contributed by atoms with Gasteiger partial charge in [0.1, 0.15) is 5.75 Å². The SMILES string of the molecule is C.C=Cc1cc([CH2-])ccc1OC.[W]. The second-order valence-corrected chi connectivity index (χ2v) is 2.28. The second-order valence-electron chi connectivity index (χ2n) is 2.28. The Hall–Kier alpha value is -0.682. The van der Waals surface area contributed by atoms with Crippen LogP contribution in [-0.2, 0) is 21.1 Å². The van der Waals surface area contributed by atoms with Gasteiger partial charge in [-0.05, 0) is 5.56 Å². The standard InChI is InChI=1S/C10H11O.CH4.W/c1-4-9-7-8(2)5-6-10(9)11-3;;/h4-7H,1-2H2,3H3;1H4;/q-1;;. The molecule has 0 spiro atoms. The predicted octanol–water partition coefficient (Wildman–Crippen LogP) is 3.15. The van der Waals surface area contributed by atoms with Crippen molar-refractivity contribution in [3.8, 4) is 5.75 Å². The molecule has 2 heteroatoms. The summed E-state index contributed by atoms with van der Waals surface area (Å²) < 4.78 is 5.09. The summed E-state index contributed by atoms with van der Waals surface area (Å²) in [6, 6.07) is 5.73. The van der Waals surface area contributed by atoms with E-state index in [9.17, 15) is 0 Å². The maximum atomic E-state index is 5.09. The zero-order valence-corrected chi connectivity index (χ0v) is 9.97. The molecule has 0 fully saturated rings. The van der Waals surface area contributed by atoms with Crippen molar-refractivity contribution in [2.24, 2.45) is 0 Å². The average molecular weight is 347 g/mol. The normalized spacial score (nSPS) is 7.77. The van der Waals surface area contributed by atoms with Crippen molar-refractivity contribution < 1.29 is 25.8 Å². The van der Waals surface area contributed by atoms with E-state index < -0.39 is 0 Å². The third kappa shape index (κ3) is 3.69. The molecule has 0 amide bonds. The first-order valence-electron chi connectivity index (χ1n) is 3.40. The third-order valence-electron chi connectivity index (χ3n) is 1.51. The molecule has 0 heterocycles. The molecule has 0 aliphatic carbocycles. The Kier molecular flexibility index (Phi) is 7.75. The molecule has 1 nitrogen and oxygen atoms in total. The zero-order valence-electron chi connectivity index (χ0n) is 7.04. The Morgan fingerprint density at radius 2 is 2.08 bits per heavy atom. The van der Waals surface area contributed by atoms with Gasteiger partial charge in [-0.25, -0.2) is 0 Å². The van der Waals surface area contributed by atoms with Gasteiger partial charge in [-0.3, -0.25) is 0 Å². The van der Waals surface area contributed by atoms with E-state index in [1.807, 2.05) is 18.2 Å². The molecule has 0 unspecified atom stereocenters. The van der Waals surface area contributed by atoms with Crippen LogP contribution in [0.3, 0.4) is 0 Å². The van der Waals surface area contributed by atoms with Gasteiger partial charge in [-0.1, -0.05) is 26.1 Å². The van der Waals surface area contributed by atoms with Gasteiger partial charge in [0.25, 0.3) is 0 Å². The van der Waals surface area contributed by atoms with Crippen LogP contribution in [0.4, 0.5) is 0 Å². The summed E-state index contributed by atoms with van der Waals surface area (Å²) >= 11 is 0. The minimum Gasteiger partial charge on any atom is -0.498 e. The van der Waals surface area contributed by atoms with E-state index in [2.05, 4.69) is 13.5 Å². The molecule has 0 saturated carbocycles. The summed E-state index contributed by atoms with van der Waals surface area (Å²) in [4.78, 5) is 0. The smallest absolute Gasteiger partial charge is 0.101 e. The number of hydrogen-bond acceptors (Lipinski definition) is 1. The molecule has 72 valence electrons. The van der Waals surface area contributed by atoms with Crippen molar-refractivity contribution in [3.05, 3.63) is 42.8 Å². The molecule has 0 aliphatic rings. The fourth-order valence-electron chi connectivity index (χ4n) is 0.943. The van der Waals surface area contributed by atoms with Crippen molar-refractivity contribution in [1.29, 1.82) is 0 Å². The van der Waals surface area contributed by atoms with Gasteiger partial charge >= 0.3 is 0 Å². The largest absolute Gasteiger partial charge is 0.498 e. The summed E-state index contributed by atoms with van der Waals surface area (Å²) in [7, 11) is 1.64. The molecule has 0 bridgehead atoms. The van der Waals surface area contributed by atoms with Crippen LogP contribution in [0.2, 0.25) is 0 Å². The molecule has 0 aliphatic heterocycles. The summed E-state index contributed by atoms with van der Waals surface area (Å²) in [6.45, 7) is 7.47. The van der Waals surface area contributed by atoms with Crippen molar-refractivity contribution in [1.82, 2.24) is 0 Å². The molecular weight excluding hydrogens is 332 g/mol. The topological polar surface area (TPSA) is 9.23 Å². The molecule has 13 heavy (non-hydrogen) atoms. The van der Waals surface area contributed by atoms with Gasteiger partial charge in [0, 0.05) is 21.1 Å². The van der Waals surface area contributed by atoms with Crippen molar-refractivity contribution >= 4 is 6.08 Å². The van der Waals surface area contributed by atoms with Crippen LogP contribution in [0.25, 0.3) is 6.08 Å². The summed E-state index contributed by atoms with van der Waals surface area (Å²) in [5.41, 5.74) is 1.96. The van der Waals surface area contributed by atoms with Gasteiger partial charge in [0.2, 0.25) is 0 Å². The molecule has 0 N–H and O–H groups in total. The van der Waals surface area contributed by atoms with E-state index in [1.54, 1.807) is 13.2 Å². The van der Waals surface area contributed by atoms with Crippen LogP contribution in [0, 0.1) is 6.92 Å². The molecule has 0 aromatic heterocycles. The van der Waals surface area contributed by atoms with Crippen LogP contribution in [0.5, 0.6) is 5.75 Å². The first-order valence-corrected chi connectivity index (χ1v) is 3.40. The van der Waals surface area contributed by atoms with Gasteiger partial charge in [-0.15, -0.1) is 0 Å². The quantitative estimate of drug-likeness (QED) is 0.747. The van der Waals surface area contributed by atoms with Crippen LogP contribution >= 0.6 is 0 Å². The Bertz CT molecular complexity index is 269. The minimum absolute atomic E-state index is 0. The van der Waals surface area contributed by atoms with E-state index in [0.717, 1.165) is 16.9 Å². The van der Waals surface area contributed by atoms with Gasteiger partial charge in [0.15, 0.2) is 0 Å². The maximum absolute atomic E-state index is 5.09. The summed E-state index contributed by atoms with van der Waals surface area (Å²) in [5.74, 6) is 0.840. The van der Waals surface area contributed by atoms with Crippen LogP contribution in [0.1, 0.15) is 18.6 Å². The number of benzene rings is 1. The van der Waals surface area contributed by atoms with Crippen LogP contribution in [-0.4, -0.2) is 7.11 Å². The van der Waals surface area contributed by atoms with E-state index in [0.29, 0.717) is 0 Å². The fraction of sp³-hybridized carbons (Fsp3) is 0.182. The first kappa shape index (κ1) is 14.8. The molecule has 0 atom stereocenters. The molecular formula is C11H15OW-. The third-order valence-corrected chi connectivity index (χ3v) is 1.51. The zero-order chi connectivity index (χ0) is 8.27. The van der Waals surface area contributed by atoms with Gasteiger partial charge < -0.3 is 4.74 Å². The number of methoxy groups -OCH3 is 1. The van der Waals surface area contributed by atoms with Crippen LogP contribution < -0.4 is 4.74 Å².